The van der Waals surface area contributed by atoms with Crippen LogP contribution in [-0.2, 0) is 4.79 Å². The molecule has 2 amide bonds. The second-order valence-corrected chi connectivity index (χ2v) is 5.16. The molecule has 7 heteroatoms. The van der Waals surface area contributed by atoms with Crippen molar-refractivity contribution < 1.29 is 22.8 Å². The van der Waals surface area contributed by atoms with Gasteiger partial charge in [0.15, 0.2) is 11.6 Å². The normalized spacial score (nSPS) is 11.7. The van der Waals surface area contributed by atoms with Gasteiger partial charge in [-0.3, -0.25) is 9.59 Å². The minimum Gasteiger partial charge on any atom is -0.348 e. The molecule has 1 atom stereocenters. The van der Waals surface area contributed by atoms with Crippen molar-refractivity contribution in [3.63, 3.8) is 0 Å². The maximum Gasteiger partial charge on any atom is 0.251 e. The summed E-state index contributed by atoms with van der Waals surface area (Å²) in [6.45, 7) is 1.27. The van der Waals surface area contributed by atoms with E-state index in [1.165, 1.54) is 24.3 Å². The van der Waals surface area contributed by atoms with Gasteiger partial charge in [0.2, 0.25) is 5.91 Å². The lowest BCUT2D eigenvalue weighted by Gasteiger charge is -2.15. The van der Waals surface area contributed by atoms with Gasteiger partial charge in [-0.2, -0.15) is 0 Å². The minimum absolute atomic E-state index is 0.0939. The molecule has 0 saturated carbocycles. The van der Waals surface area contributed by atoms with Gasteiger partial charge in [0, 0.05) is 5.56 Å². The Morgan fingerprint density at radius 1 is 1.04 bits per heavy atom. The highest BCUT2D eigenvalue weighted by atomic mass is 19.2. The van der Waals surface area contributed by atoms with Gasteiger partial charge in [0.05, 0.1) is 12.6 Å². The monoisotopic (exact) mass is 336 g/mol. The lowest BCUT2D eigenvalue weighted by molar-refractivity contribution is -0.120. The van der Waals surface area contributed by atoms with Gasteiger partial charge in [0.1, 0.15) is 5.82 Å². The summed E-state index contributed by atoms with van der Waals surface area (Å²) in [5.41, 5.74) is 0.482. The van der Waals surface area contributed by atoms with Crippen molar-refractivity contribution in [2.75, 3.05) is 6.54 Å². The Bertz CT molecular complexity index is 765. The Morgan fingerprint density at radius 2 is 1.79 bits per heavy atom. The van der Waals surface area contributed by atoms with E-state index in [9.17, 15) is 22.8 Å². The molecular weight excluding hydrogens is 321 g/mol. The molecule has 0 aliphatic rings. The van der Waals surface area contributed by atoms with Gasteiger partial charge < -0.3 is 10.6 Å². The molecule has 1 unspecified atom stereocenters. The van der Waals surface area contributed by atoms with Crippen LogP contribution >= 0.6 is 0 Å². The summed E-state index contributed by atoms with van der Waals surface area (Å²) in [4.78, 5) is 23.6. The Kier molecular flexibility index (Phi) is 5.57. The zero-order valence-electron chi connectivity index (χ0n) is 12.8. The fraction of sp³-hybridized carbons (Fsp3) is 0.176. The average Bonchev–Trinajstić information content (AvgIpc) is 2.55. The van der Waals surface area contributed by atoms with Crippen LogP contribution in [0.5, 0.6) is 0 Å². The van der Waals surface area contributed by atoms with Crippen molar-refractivity contribution in [2.45, 2.75) is 13.0 Å². The smallest absolute Gasteiger partial charge is 0.251 e. The van der Waals surface area contributed by atoms with Crippen LogP contribution in [0.25, 0.3) is 0 Å². The summed E-state index contributed by atoms with van der Waals surface area (Å²) in [7, 11) is 0. The van der Waals surface area contributed by atoms with Crippen LogP contribution in [0.15, 0.2) is 42.5 Å². The quantitative estimate of drug-likeness (QED) is 0.882. The van der Waals surface area contributed by atoms with Crippen molar-refractivity contribution >= 4 is 11.8 Å². The highest BCUT2D eigenvalue weighted by Crippen LogP contribution is 2.15. The van der Waals surface area contributed by atoms with Gasteiger partial charge in [-0.05, 0) is 42.8 Å². The molecule has 0 spiro atoms. The van der Waals surface area contributed by atoms with Gasteiger partial charge in [0.25, 0.3) is 5.91 Å². The number of nitrogens with one attached hydrogen (secondary N) is 2. The molecule has 126 valence electrons. The molecule has 2 aromatic rings. The van der Waals surface area contributed by atoms with E-state index in [2.05, 4.69) is 10.6 Å². The van der Waals surface area contributed by atoms with Gasteiger partial charge in [-0.25, -0.2) is 13.2 Å². The Labute approximate surface area is 136 Å². The van der Waals surface area contributed by atoms with E-state index in [1.54, 1.807) is 6.92 Å². The highest BCUT2D eigenvalue weighted by molar-refractivity contribution is 5.96. The Morgan fingerprint density at radius 3 is 2.46 bits per heavy atom. The van der Waals surface area contributed by atoms with E-state index in [4.69, 9.17) is 0 Å². The third-order valence-electron chi connectivity index (χ3n) is 3.32. The van der Waals surface area contributed by atoms with Gasteiger partial charge >= 0.3 is 0 Å². The molecule has 0 aliphatic carbocycles. The van der Waals surface area contributed by atoms with Crippen LogP contribution in [-0.4, -0.2) is 18.4 Å². The first-order chi connectivity index (χ1) is 11.4. The first-order valence-corrected chi connectivity index (χ1v) is 7.15. The van der Waals surface area contributed by atoms with Crippen molar-refractivity contribution in [1.82, 2.24) is 10.6 Å². The molecule has 2 rings (SSSR count). The molecule has 4 nitrogen and oxygen atoms in total. The predicted molar refractivity (Wildman–Crippen MR) is 81.6 cm³/mol. The van der Waals surface area contributed by atoms with Crippen molar-refractivity contribution in [2.24, 2.45) is 0 Å². The molecule has 2 N–H and O–H groups in total. The Hall–Kier alpha value is -2.83. The van der Waals surface area contributed by atoms with Gasteiger partial charge in [-0.15, -0.1) is 0 Å². The summed E-state index contributed by atoms with van der Waals surface area (Å²) in [5.74, 6) is -3.64. The van der Waals surface area contributed by atoms with Crippen LogP contribution in [0.3, 0.4) is 0 Å². The molecule has 0 heterocycles. The van der Waals surface area contributed by atoms with Gasteiger partial charge in [-0.1, -0.05) is 12.1 Å². The van der Waals surface area contributed by atoms with Crippen molar-refractivity contribution in [1.29, 1.82) is 0 Å². The summed E-state index contributed by atoms with van der Waals surface area (Å²) in [6, 6.07) is 7.80. The number of carbonyl (C=O) groups excluding carboxylic acids is 2. The zero-order valence-corrected chi connectivity index (χ0v) is 12.8. The third kappa shape index (κ3) is 4.58. The SMILES string of the molecule is CC(NC(=O)CNC(=O)c1cccc(F)c1)c1ccc(F)c(F)c1. The topological polar surface area (TPSA) is 58.2 Å². The highest BCUT2D eigenvalue weighted by Gasteiger charge is 2.13. The van der Waals surface area contributed by atoms with Crippen LogP contribution in [0.2, 0.25) is 0 Å². The molecule has 0 saturated heterocycles. The number of hydrogen-bond donors (Lipinski definition) is 2. The fourth-order valence-electron chi connectivity index (χ4n) is 2.05. The summed E-state index contributed by atoms with van der Waals surface area (Å²) in [5, 5.41) is 4.90. The van der Waals surface area contributed by atoms with E-state index in [0.717, 1.165) is 18.2 Å². The lowest BCUT2D eigenvalue weighted by atomic mass is 10.1. The molecule has 0 aromatic heterocycles. The number of rotatable bonds is 5. The maximum atomic E-state index is 13.2. The summed E-state index contributed by atoms with van der Waals surface area (Å²) >= 11 is 0. The number of benzene rings is 2. The minimum atomic E-state index is -1.01. The average molecular weight is 336 g/mol. The van der Waals surface area contributed by atoms with Crippen LogP contribution in [0, 0.1) is 17.5 Å². The number of carbonyl (C=O) groups is 2. The van der Waals surface area contributed by atoms with Crippen LogP contribution < -0.4 is 10.6 Å². The van der Waals surface area contributed by atoms with E-state index in [0.29, 0.717) is 5.56 Å². The van der Waals surface area contributed by atoms with E-state index >= 15 is 0 Å². The summed E-state index contributed by atoms with van der Waals surface area (Å²) < 4.78 is 39.1. The van der Waals surface area contributed by atoms with E-state index < -0.39 is 35.3 Å². The largest absolute Gasteiger partial charge is 0.348 e. The number of halogens is 3. The fourth-order valence-corrected chi connectivity index (χ4v) is 2.05. The Balaban J connectivity index is 1.88. The van der Waals surface area contributed by atoms with Crippen molar-refractivity contribution in [3.8, 4) is 0 Å². The number of hydrogen-bond acceptors (Lipinski definition) is 2. The second kappa shape index (κ2) is 7.63. The predicted octanol–water partition coefficient (Wildman–Crippen LogP) is 2.71. The summed E-state index contributed by atoms with van der Waals surface area (Å²) in [6.07, 6.45) is 0. The molecule has 24 heavy (non-hydrogen) atoms. The van der Waals surface area contributed by atoms with Crippen LogP contribution in [0.4, 0.5) is 13.2 Å². The molecular formula is C17H15F3N2O2. The van der Waals surface area contributed by atoms with Crippen LogP contribution in [0.1, 0.15) is 28.9 Å². The first kappa shape index (κ1) is 17.5. The molecule has 0 fully saturated rings. The van der Waals surface area contributed by atoms with E-state index in [1.807, 2.05) is 0 Å². The first-order valence-electron chi connectivity index (χ1n) is 7.15. The maximum absolute atomic E-state index is 13.2. The molecule has 2 aromatic carbocycles. The second-order valence-electron chi connectivity index (χ2n) is 5.16. The zero-order chi connectivity index (χ0) is 17.7. The molecule has 0 aliphatic heterocycles. The van der Waals surface area contributed by atoms with Crippen molar-refractivity contribution in [3.05, 3.63) is 71.0 Å². The molecule has 0 bridgehead atoms. The number of amides is 2. The van der Waals surface area contributed by atoms with E-state index in [-0.39, 0.29) is 12.1 Å². The molecule has 0 radical (unpaired) electrons. The standard InChI is InChI=1S/C17H15F3N2O2/c1-10(11-5-6-14(19)15(20)8-11)22-16(23)9-21-17(24)12-3-2-4-13(18)7-12/h2-8,10H,9H2,1H3,(H,21,24)(H,22,23). The third-order valence-corrected chi connectivity index (χ3v) is 3.32. The lowest BCUT2D eigenvalue weighted by Crippen LogP contribution is -2.38.